The van der Waals surface area contributed by atoms with E-state index in [1.54, 1.807) is 18.2 Å². The summed E-state index contributed by atoms with van der Waals surface area (Å²) in [6, 6.07) is 6.84. The van der Waals surface area contributed by atoms with Gasteiger partial charge in [0, 0.05) is 53.6 Å². The lowest BCUT2D eigenvalue weighted by molar-refractivity contribution is -0.153. The van der Waals surface area contributed by atoms with Gasteiger partial charge in [0.05, 0.1) is 24.6 Å². The highest BCUT2D eigenvalue weighted by atomic mass is 19.2. The second-order valence-corrected chi connectivity index (χ2v) is 9.85. The summed E-state index contributed by atoms with van der Waals surface area (Å²) in [5, 5.41) is 23.3. The monoisotopic (exact) mass is 549 g/mol. The number of piperidine rings is 1. The predicted molar refractivity (Wildman–Crippen MR) is 138 cm³/mol. The number of likely N-dealkylation sites (tertiary alicyclic amines) is 1. The number of benzene rings is 2. The van der Waals surface area contributed by atoms with Crippen molar-refractivity contribution in [3.05, 3.63) is 65.1 Å². The molecule has 7 nitrogen and oxygen atoms in total. The summed E-state index contributed by atoms with van der Waals surface area (Å²) in [5.74, 6) is -4.54. The third-order valence-electron chi connectivity index (χ3n) is 7.57. The lowest BCUT2D eigenvalue weighted by Gasteiger charge is -2.39. The van der Waals surface area contributed by atoms with Crippen molar-refractivity contribution in [2.24, 2.45) is 5.41 Å². The fourth-order valence-electron chi connectivity index (χ4n) is 5.20. The van der Waals surface area contributed by atoms with Crippen molar-refractivity contribution >= 4 is 22.6 Å². The predicted octanol–water partition coefficient (Wildman–Crippen LogP) is 5.22. The van der Waals surface area contributed by atoms with Crippen molar-refractivity contribution in [3.63, 3.8) is 0 Å². The van der Waals surface area contributed by atoms with Crippen molar-refractivity contribution < 1.29 is 37.3 Å². The van der Waals surface area contributed by atoms with Crippen molar-refractivity contribution in [3.8, 4) is 5.75 Å². The fourth-order valence-corrected chi connectivity index (χ4v) is 5.20. The van der Waals surface area contributed by atoms with E-state index in [0.717, 1.165) is 12.1 Å². The lowest BCUT2D eigenvalue weighted by Crippen LogP contribution is -2.45. The largest absolute Gasteiger partial charge is 0.497 e. The van der Waals surface area contributed by atoms with Crippen LogP contribution in [-0.4, -0.2) is 59.4 Å². The molecule has 1 saturated heterocycles. The first-order valence-corrected chi connectivity index (χ1v) is 12.7. The molecule has 11 heteroatoms. The molecule has 3 N–H and O–H groups in total. The van der Waals surface area contributed by atoms with Gasteiger partial charge in [0.2, 0.25) is 0 Å². The fraction of sp³-hybridized carbons (Fsp3) is 0.429. The molecule has 1 aliphatic heterocycles. The number of carbonyl (C=O) groups is 1. The number of aliphatic hydroxyl groups excluding tert-OH is 1. The number of aliphatic carboxylic acids is 1. The van der Waals surface area contributed by atoms with Gasteiger partial charge in [-0.15, -0.1) is 0 Å². The highest BCUT2D eigenvalue weighted by Gasteiger charge is 2.41. The van der Waals surface area contributed by atoms with E-state index in [-0.39, 0.29) is 18.5 Å². The van der Waals surface area contributed by atoms with Crippen LogP contribution in [0.25, 0.3) is 10.9 Å². The Morgan fingerprint density at radius 3 is 2.49 bits per heavy atom. The van der Waals surface area contributed by atoms with Crippen LogP contribution in [0.5, 0.6) is 5.75 Å². The van der Waals surface area contributed by atoms with E-state index < -0.39 is 41.6 Å². The molecule has 1 aliphatic rings. The van der Waals surface area contributed by atoms with Crippen LogP contribution in [0.15, 0.2) is 36.5 Å². The number of nitrogens with zero attached hydrogens (tertiary/aromatic N) is 2. The first kappa shape index (κ1) is 28.6. The van der Waals surface area contributed by atoms with E-state index >= 15 is 4.39 Å². The highest BCUT2D eigenvalue weighted by molar-refractivity contribution is 5.85. The van der Waals surface area contributed by atoms with Crippen LogP contribution >= 0.6 is 0 Å². The second-order valence-electron chi connectivity index (χ2n) is 9.85. The Kier molecular flexibility index (Phi) is 8.91. The van der Waals surface area contributed by atoms with Crippen molar-refractivity contribution in [2.75, 3.05) is 38.6 Å². The van der Waals surface area contributed by atoms with Crippen LogP contribution in [0.4, 0.5) is 23.2 Å². The van der Waals surface area contributed by atoms with E-state index in [2.05, 4.69) is 10.3 Å². The van der Waals surface area contributed by atoms with Gasteiger partial charge in [0.25, 0.3) is 0 Å². The first-order valence-electron chi connectivity index (χ1n) is 12.7. The maximum Gasteiger partial charge on any atom is 0.309 e. The Morgan fingerprint density at radius 1 is 1.18 bits per heavy atom. The van der Waals surface area contributed by atoms with Gasteiger partial charge in [0.15, 0.2) is 17.5 Å². The van der Waals surface area contributed by atoms with Crippen LogP contribution in [0.3, 0.4) is 0 Å². The van der Waals surface area contributed by atoms with Crippen molar-refractivity contribution in [1.82, 2.24) is 9.88 Å². The zero-order chi connectivity index (χ0) is 28.2. The molecular formula is C28H31F4N3O4. The van der Waals surface area contributed by atoms with Gasteiger partial charge in [-0.2, -0.15) is 0 Å². The van der Waals surface area contributed by atoms with Crippen molar-refractivity contribution in [1.29, 1.82) is 0 Å². The first-order chi connectivity index (χ1) is 18.7. The summed E-state index contributed by atoms with van der Waals surface area (Å²) in [7, 11) is 1.50. The molecule has 2 heterocycles. The topological polar surface area (TPSA) is 94.9 Å². The molecule has 0 radical (unpaired) electrons. The minimum Gasteiger partial charge on any atom is -0.497 e. The molecule has 3 aromatic rings. The van der Waals surface area contributed by atoms with Gasteiger partial charge in [-0.3, -0.25) is 9.78 Å². The van der Waals surface area contributed by atoms with E-state index in [1.165, 1.54) is 13.3 Å². The molecular weight excluding hydrogens is 518 g/mol. The Labute approximate surface area is 223 Å². The number of fused-ring (bicyclic) bond motifs is 1. The molecule has 0 aliphatic carbocycles. The molecule has 4 rings (SSSR count). The Morgan fingerprint density at radius 2 is 1.87 bits per heavy atom. The molecule has 1 fully saturated rings. The molecule has 0 spiro atoms. The smallest absolute Gasteiger partial charge is 0.309 e. The van der Waals surface area contributed by atoms with Crippen LogP contribution in [0, 0.1) is 22.9 Å². The van der Waals surface area contributed by atoms with E-state index in [9.17, 15) is 28.2 Å². The molecule has 0 amide bonds. The summed E-state index contributed by atoms with van der Waals surface area (Å²) in [6.07, 6.45) is 0.616. The number of hydrogen-bond acceptors (Lipinski definition) is 6. The lowest BCUT2D eigenvalue weighted by atomic mass is 9.74. The zero-order valence-electron chi connectivity index (χ0n) is 21.5. The Hall–Kier alpha value is -3.44. The number of methoxy groups -OCH3 is 1. The second kappa shape index (κ2) is 12.2. The minimum atomic E-state index is -1.53. The number of hydrogen-bond donors (Lipinski definition) is 3. The van der Waals surface area contributed by atoms with E-state index in [1.807, 2.05) is 4.90 Å². The zero-order valence-corrected chi connectivity index (χ0v) is 21.5. The average Bonchev–Trinajstić information content (AvgIpc) is 2.94. The standard InChI is InChI=1S/C28H31F4N3O4/c1-39-19-2-3-24-20(14-19)25(17(16-36)15-34-24)21(29)4-5-28(27(37)38)6-9-35(10-7-28)11-8-33-18-12-22(30)26(32)23(31)13-18/h2-3,12-15,21,33,36H,4-11,16H2,1H3,(H,37,38)/t21-/m1/s1. The van der Waals surface area contributed by atoms with Crippen LogP contribution in [0.2, 0.25) is 0 Å². The summed E-state index contributed by atoms with van der Waals surface area (Å²) < 4.78 is 61.0. The SMILES string of the molecule is COc1ccc2ncc(CO)c([C@H](F)CCC3(C(=O)O)CCN(CCNc4cc(F)c(F)c(F)c4)CC3)c2c1. The third-order valence-corrected chi connectivity index (χ3v) is 7.57. The van der Waals surface area contributed by atoms with Gasteiger partial charge in [-0.05, 0) is 57.0 Å². The number of rotatable bonds is 11. The Balaban J connectivity index is 1.38. The van der Waals surface area contributed by atoms with Gasteiger partial charge in [-0.25, -0.2) is 17.6 Å². The number of alkyl halides is 1. The molecule has 1 aromatic heterocycles. The number of halogens is 4. The van der Waals surface area contributed by atoms with Gasteiger partial charge >= 0.3 is 5.97 Å². The number of ether oxygens (including phenoxy) is 1. The molecule has 0 bridgehead atoms. The minimum absolute atomic E-state index is 0.0428. The maximum atomic E-state index is 15.8. The quantitative estimate of drug-likeness (QED) is 0.223. The van der Waals surface area contributed by atoms with Crippen molar-refractivity contribution in [2.45, 2.75) is 38.5 Å². The average molecular weight is 550 g/mol. The molecule has 39 heavy (non-hydrogen) atoms. The summed E-state index contributed by atoms with van der Waals surface area (Å²) in [5.41, 5.74) is 0.194. The van der Waals surface area contributed by atoms with E-state index in [0.29, 0.717) is 66.8 Å². The number of aromatic nitrogens is 1. The highest BCUT2D eigenvalue weighted by Crippen LogP contribution is 2.41. The van der Waals surface area contributed by atoms with E-state index in [4.69, 9.17) is 4.74 Å². The summed E-state index contributed by atoms with van der Waals surface area (Å²) >= 11 is 0. The molecule has 2 aromatic carbocycles. The molecule has 0 unspecified atom stereocenters. The van der Waals surface area contributed by atoms with Gasteiger partial charge in [0.1, 0.15) is 11.9 Å². The molecule has 1 atom stereocenters. The number of aliphatic hydroxyl groups is 1. The van der Waals surface area contributed by atoms with Crippen LogP contribution in [0.1, 0.15) is 43.0 Å². The number of pyridine rings is 1. The number of nitrogens with one attached hydrogen (secondary N) is 1. The van der Waals surface area contributed by atoms with Gasteiger partial charge < -0.3 is 25.2 Å². The number of carboxylic acids is 1. The number of anilines is 1. The van der Waals surface area contributed by atoms with Crippen LogP contribution < -0.4 is 10.1 Å². The van der Waals surface area contributed by atoms with Crippen LogP contribution in [-0.2, 0) is 11.4 Å². The summed E-state index contributed by atoms with van der Waals surface area (Å²) in [4.78, 5) is 18.6. The molecule has 0 saturated carbocycles. The summed E-state index contributed by atoms with van der Waals surface area (Å²) in [6.45, 7) is 1.30. The normalized spacial score (nSPS) is 16.3. The Bertz CT molecular complexity index is 1300. The molecule has 210 valence electrons. The number of carboxylic acid groups (broad SMARTS) is 1. The van der Waals surface area contributed by atoms with Gasteiger partial charge in [-0.1, -0.05) is 0 Å². The maximum absolute atomic E-state index is 15.8. The third kappa shape index (κ3) is 6.25.